The number of benzene rings is 1. The van der Waals surface area contributed by atoms with Gasteiger partial charge in [-0.2, -0.15) is 11.8 Å². The molecule has 0 radical (unpaired) electrons. The number of thioether (sulfide) groups is 1. The molecule has 2 N–H and O–H groups in total. The molecule has 1 heterocycles. The third-order valence-electron chi connectivity index (χ3n) is 4.10. The Morgan fingerprint density at radius 3 is 2.58 bits per heavy atom. The summed E-state index contributed by atoms with van der Waals surface area (Å²) in [5.74, 6) is 0.748. The van der Waals surface area contributed by atoms with Crippen LogP contribution >= 0.6 is 11.8 Å². The quantitative estimate of drug-likeness (QED) is 0.646. The summed E-state index contributed by atoms with van der Waals surface area (Å²) >= 11 is 1.82. The summed E-state index contributed by atoms with van der Waals surface area (Å²) in [5, 5.41) is 0. The number of nitrogens with zero attached hydrogens (tertiary/aromatic N) is 2. The van der Waals surface area contributed by atoms with E-state index in [2.05, 4.69) is 22.2 Å². The monoisotopic (exact) mass is 373 g/mol. The van der Waals surface area contributed by atoms with Crippen molar-refractivity contribution in [3.63, 3.8) is 0 Å². The highest BCUT2D eigenvalue weighted by molar-refractivity contribution is 7.98. The zero-order chi connectivity index (χ0) is 18.8. The van der Waals surface area contributed by atoms with E-state index in [-0.39, 0.29) is 12.0 Å². The maximum atomic E-state index is 11.6. The summed E-state index contributed by atoms with van der Waals surface area (Å²) in [6, 6.07) is 11.7. The molecule has 0 fully saturated rings. The molecule has 140 valence electrons. The lowest BCUT2D eigenvalue weighted by atomic mass is 10.1. The van der Waals surface area contributed by atoms with E-state index in [1.54, 1.807) is 18.3 Å². The molecule has 6 heteroatoms. The van der Waals surface area contributed by atoms with E-state index in [1.807, 2.05) is 36.2 Å². The molecule has 1 aromatic carbocycles. The molecule has 0 saturated carbocycles. The summed E-state index contributed by atoms with van der Waals surface area (Å²) < 4.78 is 4.75. The summed E-state index contributed by atoms with van der Waals surface area (Å²) in [5.41, 5.74) is 9.18. The van der Waals surface area contributed by atoms with Gasteiger partial charge in [-0.05, 0) is 47.8 Å². The topological polar surface area (TPSA) is 68.5 Å². The van der Waals surface area contributed by atoms with Crippen molar-refractivity contribution in [3.8, 4) is 0 Å². The third kappa shape index (κ3) is 6.78. The zero-order valence-electron chi connectivity index (χ0n) is 15.4. The van der Waals surface area contributed by atoms with Crippen molar-refractivity contribution < 1.29 is 9.53 Å². The van der Waals surface area contributed by atoms with Crippen molar-refractivity contribution in [1.82, 2.24) is 9.88 Å². The average molecular weight is 374 g/mol. The van der Waals surface area contributed by atoms with Crippen molar-refractivity contribution in [1.29, 1.82) is 0 Å². The Hall–Kier alpha value is -1.89. The fraction of sp³-hybridized carbons (Fsp3) is 0.400. The maximum Gasteiger partial charge on any atom is 0.337 e. The van der Waals surface area contributed by atoms with E-state index in [0.29, 0.717) is 5.56 Å². The molecule has 2 rings (SSSR count). The highest BCUT2D eigenvalue weighted by Gasteiger charge is 2.13. The van der Waals surface area contributed by atoms with Crippen molar-refractivity contribution in [2.75, 3.05) is 25.7 Å². The molecule has 0 spiro atoms. The predicted molar refractivity (Wildman–Crippen MR) is 107 cm³/mol. The number of hydrogen-bond donors (Lipinski definition) is 1. The van der Waals surface area contributed by atoms with Gasteiger partial charge in [0.1, 0.15) is 0 Å². The number of carbonyl (C=O) groups is 1. The van der Waals surface area contributed by atoms with Crippen LogP contribution in [0.1, 0.15) is 27.9 Å². The minimum atomic E-state index is -0.317. The van der Waals surface area contributed by atoms with E-state index in [4.69, 9.17) is 10.5 Å². The molecule has 2 aromatic rings. The Morgan fingerprint density at radius 2 is 1.96 bits per heavy atom. The number of pyridine rings is 1. The van der Waals surface area contributed by atoms with Crippen molar-refractivity contribution in [2.45, 2.75) is 25.6 Å². The smallest absolute Gasteiger partial charge is 0.337 e. The van der Waals surface area contributed by atoms with E-state index < -0.39 is 0 Å². The number of esters is 1. The molecule has 0 saturated heterocycles. The Morgan fingerprint density at radius 1 is 1.23 bits per heavy atom. The van der Waals surface area contributed by atoms with Crippen LogP contribution in [0.15, 0.2) is 48.8 Å². The van der Waals surface area contributed by atoms with Gasteiger partial charge < -0.3 is 10.5 Å². The van der Waals surface area contributed by atoms with Gasteiger partial charge in [0.25, 0.3) is 0 Å². The first-order valence-corrected chi connectivity index (χ1v) is 10.0. The minimum absolute atomic E-state index is 0.133. The van der Waals surface area contributed by atoms with Crippen LogP contribution in [0, 0.1) is 0 Å². The van der Waals surface area contributed by atoms with Gasteiger partial charge in [-0.3, -0.25) is 9.88 Å². The molecule has 1 aromatic heterocycles. The number of methoxy groups -OCH3 is 1. The standard InChI is InChI=1S/C20H27N3O2S/c1-25-20(24)18-7-5-16(6-8-18)13-23(15-19(21)9-11-26-2)14-17-4-3-10-22-12-17/h3-8,10,12,19H,9,11,13-15,21H2,1-2H3/t19-/m1/s1. The summed E-state index contributed by atoms with van der Waals surface area (Å²) in [7, 11) is 1.39. The molecule has 26 heavy (non-hydrogen) atoms. The van der Waals surface area contributed by atoms with E-state index in [1.165, 1.54) is 7.11 Å². The molecule has 0 aliphatic rings. The number of hydrogen-bond acceptors (Lipinski definition) is 6. The van der Waals surface area contributed by atoms with Gasteiger partial charge in [0.2, 0.25) is 0 Å². The molecule has 0 aliphatic carbocycles. The SMILES string of the molecule is COC(=O)c1ccc(CN(Cc2cccnc2)C[C@H](N)CCSC)cc1. The molecule has 0 unspecified atom stereocenters. The van der Waals surface area contributed by atoms with Crippen LogP contribution < -0.4 is 5.73 Å². The van der Waals surface area contributed by atoms with Crippen LogP contribution in [0.4, 0.5) is 0 Å². The van der Waals surface area contributed by atoms with Gasteiger partial charge >= 0.3 is 5.97 Å². The van der Waals surface area contributed by atoms with Gasteiger partial charge in [-0.15, -0.1) is 0 Å². The highest BCUT2D eigenvalue weighted by Crippen LogP contribution is 2.13. The van der Waals surface area contributed by atoms with Crippen molar-refractivity contribution in [2.24, 2.45) is 5.73 Å². The lowest BCUT2D eigenvalue weighted by molar-refractivity contribution is 0.0600. The molecular formula is C20H27N3O2S. The average Bonchev–Trinajstić information content (AvgIpc) is 2.67. The Kier molecular flexibility index (Phi) is 8.61. The van der Waals surface area contributed by atoms with Crippen LogP contribution in [0.2, 0.25) is 0 Å². The fourth-order valence-corrected chi connectivity index (χ4v) is 3.29. The van der Waals surface area contributed by atoms with Gasteiger partial charge in [0, 0.05) is 38.1 Å². The number of rotatable bonds is 10. The lowest BCUT2D eigenvalue weighted by Crippen LogP contribution is -2.37. The largest absolute Gasteiger partial charge is 0.465 e. The van der Waals surface area contributed by atoms with Crippen molar-refractivity contribution >= 4 is 17.7 Å². The van der Waals surface area contributed by atoms with Crippen LogP contribution in [-0.2, 0) is 17.8 Å². The van der Waals surface area contributed by atoms with Crippen LogP contribution in [0.5, 0.6) is 0 Å². The normalized spacial score (nSPS) is 12.2. The van der Waals surface area contributed by atoms with E-state index in [0.717, 1.165) is 42.9 Å². The van der Waals surface area contributed by atoms with Gasteiger partial charge in [-0.1, -0.05) is 18.2 Å². The van der Waals surface area contributed by atoms with Crippen molar-refractivity contribution in [3.05, 3.63) is 65.5 Å². The molecule has 1 atom stereocenters. The number of ether oxygens (including phenoxy) is 1. The third-order valence-corrected chi connectivity index (χ3v) is 4.74. The van der Waals surface area contributed by atoms with E-state index >= 15 is 0 Å². The van der Waals surface area contributed by atoms with Crippen LogP contribution in [0.3, 0.4) is 0 Å². The second-order valence-electron chi connectivity index (χ2n) is 6.26. The fourth-order valence-electron chi connectivity index (χ4n) is 2.75. The van der Waals surface area contributed by atoms with Crippen LogP contribution in [-0.4, -0.2) is 47.6 Å². The Labute approximate surface area is 159 Å². The van der Waals surface area contributed by atoms with E-state index in [9.17, 15) is 4.79 Å². The molecule has 0 bridgehead atoms. The molecular weight excluding hydrogens is 346 g/mol. The molecule has 0 amide bonds. The Bertz CT molecular complexity index is 665. The summed E-state index contributed by atoms with van der Waals surface area (Å²) in [4.78, 5) is 18.1. The maximum absolute atomic E-state index is 11.6. The van der Waals surface area contributed by atoms with Crippen LogP contribution in [0.25, 0.3) is 0 Å². The zero-order valence-corrected chi connectivity index (χ0v) is 16.2. The number of carbonyl (C=O) groups excluding carboxylic acids is 1. The minimum Gasteiger partial charge on any atom is -0.465 e. The highest BCUT2D eigenvalue weighted by atomic mass is 32.2. The molecule has 0 aliphatic heterocycles. The summed E-state index contributed by atoms with van der Waals surface area (Å²) in [6.45, 7) is 2.37. The first-order chi connectivity index (χ1) is 12.6. The Balaban J connectivity index is 2.05. The number of nitrogens with two attached hydrogens (primary N) is 1. The summed E-state index contributed by atoms with van der Waals surface area (Å²) in [6.07, 6.45) is 6.76. The van der Waals surface area contributed by atoms with Gasteiger partial charge in [-0.25, -0.2) is 4.79 Å². The van der Waals surface area contributed by atoms with Gasteiger partial charge in [0.05, 0.1) is 12.7 Å². The second-order valence-corrected chi connectivity index (χ2v) is 7.25. The second kappa shape index (κ2) is 11.0. The first-order valence-electron chi connectivity index (χ1n) is 8.65. The van der Waals surface area contributed by atoms with Gasteiger partial charge in [0.15, 0.2) is 0 Å². The number of aromatic nitrogens is 1. The predicted octanol–water partition coefficient (Wildman–Crippen LogP) is 2.95. The lowest BCUT2D eigenvalue weighted by Gasteiger charge is -2.26. The molecule has 5 nitrogen and oxygen atoms in total. The first kappa shape index (κ1) is 20.4.